The Hall–Kier alpha value is -0.570. The molecule has 2 nitrogen and oxygen atoms in total. The topological polar surface area (TPSA) is 32.9 Å². The van der Waals surface area contributed by atoms with Crippen LogP contribution in [0, 0.1) is 6.92 Å². The number of H-pyrrole nitrogens is 1. The molecule has 0 fully saturated rings. The minimum Gasteiger partial charge on any atom is -0.326 e. The highest BCUT2D eigenvalue weighted by Crippen LogP contribution is 1.98. The summed E-state index contributed by atoms with van der Waals surface area (Å²) in [5.74, 6) is 0. The fraction of sp³-hybridized carbons (Fsp3) is 0.286. The van der Waals surface area contributed by atoms with Crippen LogP contribution in [0.15, 0.2) is 16.9 Å². The molecule has 0 aliphatic heterocycles. The monoisotopic (exact) mass is 201 g/mol. The Morgan fingerprint density at radius 2 is 2.30 bits per heavy atom. The summed E-state index contributed by atoms with van der Waals surface area (Å²) in [7, 11) is 0. The van der Waals surface area contributed by atoms with E-state index in [1.165, 1.54) is 0 Å². The quantitative estimate of drug-likeness (QED) is 0.689. The van der Waals surface area contributed by atoms with Gasteiger partial charge in [-0.15, -0.1) is 0 Å². The highest BCUT2D eigenvalue weighted by Gasteiger charge is 1.94. The minimum absolute atomic E-state index is 0.00289. The van der Waals surface area contributed by atoms with Crippen molar-refractivity contribution in [2.45, 2.75) is 12.3 Å². The van der Waals surface area contributed by atoms with Crippen LogP contribution in [0.4, 0.5) is 0 Å². The molecule has 0 amide bonds. The SMILES string of the molecule is Cc1ccc(CBr)c(=O)[nH]1. The lowest BCUT2D eigenvalue weighted by Crippen LogP contribution is -2.11. The molecule has 0 bridgehead atoms. The highest BCUT2D eigenvalue weighted by atomic mass is 79.9. The fourth-order valence-electron chi connectivity index (χ4n) is 0.708. The van der Waals surface area contributed by atoms with Gasteiger partial charge in [0, 0.05) is 16.6 Å². The number of nitrogens with one attached hydrogen (secondary N) is 1. The average molecular weight is 202 g/mol. The number of alkyl halides is 1. The number of hydrogen-bond acceptors (Lipinski definition) is 1. The van der Waals surface area contributed by atoms with Gasteiger partial charge < -0.3 is 4.98 Å². The first-order chi connectivity index (χ1) is 4.74. The van der Waals surface area contributed by atoms with E-state index in [4.69, 9.17) is 0 Å². The van der Waals surface area contributed by atoms with Crippen molar-refractivity contribution in [3.05, 3.63) is 33.7 Å². The van der Waals surface area contributed by atoms with Gasteiger partial charge in [0.15, 0.2) is 0 Å². The van der Waals surface area contributed by atoms with Crippen molar-refractivity contribution >= 4 is 15.9 Å². The first kappa shape index (κ1) is 7.54. The Morgan fingerprint density at radius 1 is 1.60 bits per heavy atom. The summed E-state index contributed by atoms with van der Waals surface area (Å²) in [5.41, 5.74) is 1.66. The van der Waals surface area contributed by atoms with Crippen molar-refractivity contribution in [1.29, 1.82) is 0 Å². The summed E-state index contributed by atoms with van der Waals surface area (Å²) in [6.45, 7) is 1.86. The van der Waals surface area contributed by atoms with E-state index >= 15 is 0 Å². The Balaban J connectivity index is 3.20. The Bertz CT molecular complexity index is 279. The van der Waals surface area contributed by atoms with Gasteiger partial charge in [0.25, 0.3) is 5.56 Å². The van der Waals surface area contributed by atoms with Crippen molar-refractivity contribution < 1.29 is 0 Å². The van der Waals surface area contributed by atoms with E-state index in [1.807, 2.05) is 19.1 Å². The zero-order valence-electron chi connectivity index (χ0n) is 5.65. The Labute approximate surface area is 67.4 Å². The van der Waals surface area contributed by atoms with Gasteiger partial charge in [-0.2, -0.15) is 0 Å². The molecule has 0 aromatic carbocycles. The molecule has 0 atom stereocenters. The van der Waals surface area contributed by atoms with Gasteiger partial charge >= 0.3 is 0 Å². The molecule has 3 heteroatoms. The average Bonchev–Trinajstić information content (AvgIpc) is 1.88. The van der Waals surface area contributed by atoms with Crippen molar-refractivity contribution in [2.24, 2.45) is 0 Å². The van der Waals surface area contributed by atoms with Gasteiger partial charge in [0.05, 0.1) is 0 Å². The van der Waals surface area contributed by atoms with Crippen molar-refractivity contribution in [1.82, 2.24) is 4.98 Å². The van der Waals surface area contributed by atoms with Crippen LogP contribution in [0.1, 0.15) is 11.3 Å². The van der Waals surface area contributed by atoms with Crippen LogP contribution >= 0.6 is 15.9 Å². The molecule has 54 valence electrons. The van der Waals surface area contributed by atoms with E-state index in [0.717, 1.165) is 11.3 Å². The number of pyridine rings is 1. The molecular formula is C7H8BrNO. The van der Waals surface area contributed by atoms with E-state index in [1.54, 1.807) is 0 Å². The molecule has 0 aliphatic carbocycles. The Kier molecular flexibility index (Phi) is 2.27. The summed E-state index contributed by atoms with van der Waals surface area (Å²) < 4.78 is 0. The largest absolute Gasteiger partial charge is 0.326 e. The predicted octanol–water partition coefficient (Wildman–Crippen LogP) is 1.58. The second-order valence-electron chi connectivity index (χ2n) is 2.13. The molecule has 0 saturated heterocycles. The van der Waals surface area contributed by atoms with Crippen LogP contribution in [0.5, 0.6) is 0 Å². The van der Waals surface area contributed by atoms with Crippen LogP contribution in [-0.2, 0) is 5.33 Å². The van der Waals surface area contributed by atoms with Gasteiger partial charge in [-0.05, 0) is 13.0 Å². The van der Waals surface area contributed by atoms with Crippen LogP contribution in [0.25, 0.3) is 0 Å². The van der Waals surface area contributed by atoms with Gasteiger partial charge in [0.1, 0.15) is 0 Å². The van der Waals surface area contributed by atoms with Crippen LogP contribution in [0.3, 0.4) is 0 Å². The number of halogens is 1. The summed E-state index contributed by atoms with van der Waals surface area (Å²) in [5, 5.41) is 0.614. The third-order valence-corrected chi connectivity index (χ3v) is 1.88. The lowest BCUT2D eigenvalue weighted by atomic mass is 10.3. The molecule has 0 saturated carbocycles. The Morgan fingerprint density at radius 3 is 2.80 bits per heavy atom. The summed E-state index contributed by atoms with van der Waals surface area (Å²) >= 11 is 3.21. The van der Waals surface area contributed by atoms with Crippen molar-refractivity contribution in [2.75, 3.05) is 0 Å². The first-order valence-corrected chi connectivity index (χ1v) is 4.11. The molecule has 1 rings (SSSR count). The second kappa shape index (κ2) is 3.01. The van der Waals surface area contributed by atoms with Gasteiger partial charge in [-0.1, -0.05) is 22.0 Å². The third kappa shape index (κ3) is 1.48. The molecular weight excluding hydrogens is 194 g/mol. The van der Waals surface area contributed by atoms with Crippen LogP contribution in [-0.4, -0.2) is 4.98 Å². The lowest BCUT2D eigenvalue weighted by Gasteiger charge is -1.93. The number of hydrogen-bond donors (Lipinski definition) is 1. The lowest BCUT2D eigenvalue weighted by molar-refractivity contribution is 1.10. The molecule has 0 spiro atoms. The van der Waals surface area contributed by atoms with E-state index in [9.17, 15) is 4.79 Å². The molecule has 0 unspecified atom stereocenters. The maximum absolute atomic E-state index is 11.0. The molecule has 0 aliphatic rings. The summed E-state index contributed by atoms with van der Waals surface area (Å²) in [6.07, 6.45) is 0. The van der Waals surface area contributed by atoms with E-state index in [-0.39, 0.29) is 5.56 Å². The molecule has 1 aromatic rings. The van der Waals surface area contributed by atoms with Crippen molar-refractivity contribution in [3.63, 3.8) is 0 Å². The first-order valence-electron chi connectivity index (χ1n) is 2.99. The fourth-order valence-corrected chi connectivity index (χ4v) is 1.15. The summed E-state index contributed by atoms with van der Waals surface area (Å²) in [4.78, 5) is 13.7. The normalized spacial score (nSPS) is 9.80. The molecule has 1 aromatic heterocycles. The molecule has 1 N–H and O–H groups in total. The third-order valence-electron chi connectivity index (χ3n) is 1.28. The van der Waals surface area contributed by atoms with E-state index in [2.05, 4.69) is 20.9 Å². The molecule has 1 heterocycles. The number of rotatable bonds is 1. The number of aromatic nitrogens is 1. The maximum atomic E-state index is 11.0. The van der Waals surface area contributed by atoms with Crippen molar-refractivity contribution in [3.8, 4) is 0 Å². The predicted molar refractivity (Wildman–Crippen MR) is 44.4 cm³/mol. The van der Waals surface area contributed by atoms with Gasteiger partial charge in [0.2, 0.25) is 0 Å². The zero-order chi connectivity index (χ0) is 7.56. The standard InChI is InChI=1S/C7H8BrNO/c1-5-2-3-6(4-8)7(10)9-5/h2-3H,4H2,1H3,(H,9,10). The minimum atomic E-state index is -0.00289. The zero-order valence-corrected chi connectivity index (χ0v) is 7.23. The number of aromatic amines is 1. The van der Waals surface area contributed by atoms with E-state index < -0.39 is 0 Å². The second-order valence-corrected chi connectivity index (χ2v) is 2.69. The van der Waals surface area contributed by atoms with Gasteiger partial charge in [-0.25, -0.2) is 0 Å². The smallest absolute Gasteiger partial charge is 0.252 e. The molecule has 0 radical (unpaired) electrons. The molecule has 10 heavy (non-hydrogen) atoms. The highest BCUT2D eigenvalue weighted by molar-refractivity contribution is 9.08. The number of aryl methyl sites for hydroxylation is 1. The van der Waals surface area contributed by atoms with Crippen LogP contribution in [0.2, 0.25) is 0 Å². The van der Waals surface area contributed by atoms with E-state index in [0.29, 0.717) is 5.33 Å². The maximum Gasteiger partial charge on any atom is 0.252 e. The van der Waals surface area contributed by atoms with Crippen LogP contribution < -0.4 is 5.56 Å². The van der Waals surface area contributed by atoms with Gasteiger partial charge in [-0.3, -0.25) is 4.79 Å². The summed E-state index contributed by atoms with van der Waals surface area (Å²) in [6, 6.07) is 3.71.